The lowest BCUT2D eigenvalue weighted by Crippen LogP contribution is -1.82. The lowest BCUT2D eigenvalue weighted by atomic mass is 10.5. The summed E-state index contributed by atoms with van der Waals surface area (Å²) in [6, 6.07) is 0. The molecule has 0 amide bonds. The molecule has 0 aliphatic carbocycles. The molecule has 0 fully saturated rings. The van der Waals surface area contributed by atoms with Gasteiger partial charge in [-0.25, -0.2) is 0 Å². The molecule has 44 valence electrons. The molecule has 0 saturated heterocycles. The molecule has 4 heteroatoms. The molecule has 1 aromatic rings. The number of nitrogen functional groups attached to an aromatic ring is 1. The lowest BCUT2D eigenvalue weighted by molar-refractivity contribution is 0.400. The maximum atomic E-state index is 5.51. The van der Waals surface area contributed by atoms with Crippen LogP contribution >= 0.6 is 11.6 Å². The molecule has 0 unspecified atom stereocenters. The molecule has 1 aromatic heterocycles. The van der Waals surface area contributed by atoms with Gasteiger partial charge in [-0.15, -0.1) is 0 Å². The minimum atomic E-state index is 0.254. The predicted molar refractivity (Wildman–Crippen MR) is 30.7 cm³/mol. The zero-order chi connectivity index (χ0) is 6.15. The Balaban J connectivity index is 3.19. The van der Waals surface area contributed by atoms with Gasteiger partial charge in [0.15, 0.2) is 11.6 Å². The third-order valence-electron chi connectivity index (χ3n) is 0.815. The number of halogens is 1. The molecule has 0 aliphatic heterocycles. The average molecular weight is 133 g/mol. The van der Waals surface area contributed by atoms with Crippen LogP contribution < -0.4 is 5.73 Å². The van der Waals surface area contributed by atoms with Crippen molar-refractivity contribution >= 4 is 17.4 Å². The van der Waals surface area contributed by atoms with E-state index in [4.69, 9.17) is 17.3 Å². The van der Waals surface area contributed by atoms with E-state index < -0.39 is 0 Å². The minimum absolute atomic E-state index is 0.254. The van der Waals surface area contributed by atoms with Crippen molar-refractivity contribution in [2.24, 2.45) is 0 Å². The minimum Gasteiger partial charge on any atom is -0.380 e. The van der Waals surface area contributed by atoms with Crippen molar-refractivity contribution in [3.63, 3.8) is 0 Å². The summed E-state index contributed by atoms with van der Waals surface area (Å²) >= 11 is 5.51. The van der Waals surface area contributed by atoms with Gasteiger partial charge in [0.2, 0.25) is 0 Å². The summed E-state index contributed by atoms with van der Waals surface area (Å²) in [6.45, 7) is 1.70. The number of aryl methyl sites for hydroxylation is 1. The average Bonchev–Trinajstić information content (AvgIpc) is 1.98. The number of nitrogens with zero attached hydrogens (tertiary/aromatic N) is 1. The number of anilines is 1. The van der Waals surface area contributed by atoms with Crippen LogP contribution in [-0.4, -0.2) is 5.16 Å². The molecule has 0 radical (unpaired) electrons. The van der Waals surface area contributed by atoms with E-state index in [0.717, 1.165) is 0 Å². The third kappa shape index (κ3) is 0.648. The summed E-state index contributed by atoms with van der Waals surface area (Å²) in [5, 5.41) is 3.79. The van der Waals surface area contributed by atoms with Crippen LogP contribution in [0.4, 0.5) is 5.82 Å². The van der Waals surface area contributed by atoms with Crippen molar-refractivity contribution in [3.05, 3.63) is 10.8 Å². The summed E-state index contributed by atoms with van der Waals surface area (Å²) in [7, 11) is 0. The van der Waals surface area contributed by atoms with Gasteiger partial charge in [0.05, 0.1) is 0 Å². The Hall–Kier alpha value is -0.700. The number of aromatic nitrogens is 1. The van der Waals surface area contributed by atoms with Gasteiger partial charge in [-0.2, -0.15) is 0 Å². The molecule has 0 aliphatic rings. The fourth-order valence-electron chi connectivity index (χ4n) is 0.378. The van der Waals surface area contributed by atoms with Crippen molar-refractivity contribution < 1.29 is 4.52 Å². The lowest BCUT2D eigenvalue weighted by Gasteiger charge is -1.77. The molecular weight excluding hydrogens is 128 g/mol. The smallest absolute Gasteiger partial charge is 0.185 e. The monoisotopic (exact) mass is 132 g/mol. The van der Waals surface area contributed by atoms with E-state index in [1.807, 2.05) is 0 Å². The molecule has 8 heavy (non-hydrogen) atoms. The highest BCUT2D eigenvalue weighted by Crippen LogP contribution is 2.20. The van der Waals surface area contributed by atoms with Crippen LogP contribution in [0.3, 0.4) is 0 Å². The molecule has 1 rings (SSSR count). The van der Waals surface area contributed by atoms with Gasteiger partial charge in [0.25, 0.3) is 0 Å². The number of nitrogens with two attached hydrogens (primary N) is 1. The van der Waals surface area contributed by atoms with Crippen LogP contribution in [0.2, 0.25) is 5.02 Å². The molecule has 0 atom stereocenters. The largest absolute Gasteiger partial charge is 0.380 e. The summed E-state index contributed by atoms with van der Waals surface area (Å²) < 4.78 is 4.59. The molecule has 0 aromatic carbocycles. The maximum Gasteiger partial charge on any atom is 0.185 e. The second-order valence-corrected chi connectivity index (χ2v) is 1.82. The summed E-state index contributed by atoms with van der Waals surface area (Å²) in [5.41, 5.74) is 5.20. The van der Waals surface area contributed by atoms with Crippen LogP contribution in [0, 0.1) is 6.92 Å². The van der Waals surface area contributed by atoms with Gasteiger partial charge in [-0.3, -0.25) is 0 Å². The molecule has 0 saturated carbocycles. The molecule has 1 heterocycles. The van der Waals surface area contributed by atoms with Gasteiger partial charge in [0.1, 0.15) is 5.02 Å². The summed E-state index contributed by atoms with van der Waals surface area (Å²) in [4.78, 5) is 0. The Labute approximate surface area is 51.4 Å². The Bertz CT molecular complexity index is 176. The topological polar surface area (TPSA) is 52.0 Å². The van der Waals surface area contributed by atoms with Crippen molar-refractivity contribution in [1.82, 2.24) is 5.16 Å². The Morgan fingerprint density at radius 2 is 2.38 bits per heavy atom. The van der Waals surface area contributed by atoms with Crippen molar-refractivity contribution in [1.29, 1.82) is 0 Å². The van der Waals surface area contributed by atoms with E-state index in [9.17, 15) is 0 Å². The fraction of sp³-hybridized carbons (Fsp3) is 0.250. The standard InChI is InChI=1S/C4H5ClN2O/c1-2-3(5)4(6)7-8-2/h1H3,(H2,6,7). The van der Waals surface area contributed by atoms with E-state index in [0.29, 0.717) is 10.8 Å². The highest BCUT2D eigenvalue weighted by Gasteiger charge is 2.03. The van der Waals surface area contributed by atoms with Gasteiger partial charge < -0.3 is 10.3 Å². The summed E-state index contributed by atoms with van der Waals surface area (Å²) in [5.74, 6) is 0.813. The van der Waals surface area contributed by atoms with Gasteiger partial charge in [-0.1, -0.05) is 16.8 Å². The normalized spacial score (nSPS) is 9.75. The van der Waals surface area contributed by atoms with Crippen LogP contribution in [0.5, 0.6) is 0 Å². The molecule has 3 nitrogen and oxygen atoms in total. The van der Waals surface area contributed by atoms with Crippen LogP contribution in [0.25, 0.3) is 0 Å². The highest BCUT2D eigenvalue weighted by molar-refractivity contribution is 6.33. The summed E-state index contributed by atoms with van der Waals surface area (Å²) in [6.07, 6.45) is 0. The van der Waals surface area contributed by atoms with Crippen LogP contribution in [0.15, 0.2) is 4.52 Å². The van der Waals surface area contributed by atoms with E-state index in [1.165, 1.54) is 0 Å². The van der Waals surface area contributed by atoms with E-state index in [2.05, 4.69) is 9.68 Å². The molecule has 2 N–H and O–H groups in total. The third-order valence-corrected chi connectivity index (χ3v) is 1.27. The quantitative estimate of drug-likeness (QED) is 0.578. The van der Waals surface area contributed by atoms with Crippen LogP contribution in [-0.2, 0) is 0 Å². The zero-order valence-electron chi connectivity index (χ0n) is 4.31. The van der Waals surface area contributed by atoms with E-state index in [-0.39, 0.29) is 5.82 Å². The molecule has 0 spiro atoms. The van der Waals surface area contributed by atoms with Crippen molar-refractivity contribution in [3.8, 4) is 0 Å². The SMILES string of the molecule is Cc1onc(N)c1Cl. The second-order valence-electron chi connectivity index (χ2n) is 1.44. The van der Waals surface area contributed by atoms with E-state index in [1.54, 1.807) is 6.92 Å². The zero-order valence-corrected chi connectivity index (χ0v) is 5.07. The van der Waals surface area contributed by atoms with Gasteiger partial charge in [0, 0.05) is 0 Å². The number of hydrogen-bond acceptors (Lipinski definition) is 3. The first-order valence-corrected chi connectivity index (χ1v) is 2.47. The first-order chi connectivity index (χ1) is 3.72. The van der Waals surface area contributed by atoms with Gasteiger partial charge in [-0.05, 0) is 6.92 Å². The second kappa shape index (κ2) is 1.67. The van der Waals surface area contributed by atoms with Crippen molar-refractivity contribution in [2.75, 3.05) is 5.73 Å². The number of rotatable bonds is 0. The van der Waals surface area contributed by atoms with Gasteiger partial charge >= 0.3 is 0 Å². The molecular formula is C4H5ClN2O. The highest BCUT2D eigenvalue weighted by atomic mass is 35.5. The number of hydrogen-bond donors (Lipinski definition) is 1. The van der Waals surface area contributed by atoms with Crippen LogP contribution in [0.1, 0.15) is 5.76 Å². The fourth-order valence-corrected chi connectivity index (χ4v) is 0.447. The first kappa shape index (κ1) is 5.44. The van der Waals surface area contributed by atoms with E-state index >= 15 is 0 Å². The molecule has 0 bridgehead atoms. The Morgan fingerprint density at radius 3 is 2.50 bits per heavy atom. The maximum absolute atomic E-state index is 5.51. The predicted octanol–water partition coefficient (Wildman–Crippen LogP) is 1.22. The Morgan fingerprint density at radius 1 is 1.75 bits per heavy atom. The first-order valence-electron chi connectivity index (χ1n) is 2.09. The Kier molecular flexibility index (Phi) is 1.13. The van der Waals surface area contributed by atoms with Crippen molar-refractivity contribution in [2.45, 2.75) is 6.92 Å².